The molecule has 94 valence electrons. The van der Waals surface area contributed by atoms with E-state index in [1.54, 1.807) is 12.4 Å². The summed E-state index contributed by atoms with van der Waals surface area (Å²) < 4.78 is 14.9. The molecule has 2 N–H and O–H groups in total. The Balaban J connectivity index is 2.15. The lowest BCUT2D eigenvalue weighted by Gasteiger charge is -2.08. The van der Waals surface area contributed by atoms with E-state index in [4.69, 9.17) is 5.73 Å². The van der Waals surface area contributed by atoms with Crippen LogP contribution in [0.25, 0.3) is 17.1 Å². The predicted octanol–water partition coefficient (Wildman–Crippen LogP) is 2.66. The Hall–Kier alpha value is -2.69. The minimum Gasteiger partial charge on any atom is -0.398 e. The molecule has 0 aliphatic heterocycles. The van der Waals surface area contributed by atoms with Crippen molar-refractivity contribution in [1.82, 2.24) is 14.8 Å². The Bertz CT molecular complexity index is 706. The molecule has 3 rings (SSSR count). The SMILES string of the molecule is Nc1cc(F)ccc1-c1nncn1-c1ccccc1. The lowest BCUT2D eigenvalue weighted by atomic mass is 10.1. The standard InChI is InChI=1S/C14H11FN4/c15-10-6-7-12(13(16)8-10)14-18-17-9-19(14)11-4-2-1-3-5-11/h1-9H,16H2. The molecule has 0 amide bonds. The smallest absolute Gasteiger partial charge is 0.170 e. The highest BCUT2D eigenvalue weighted by molar-refractivity contribution is 5.72. The highest BCUT2D eigenvalue weighted by Gasteiger charge is 2.12. The highest BCUT2D eigenvalue weighted by atomic mass is 19.1. The molecule has 0 radical (unpaired) electrons. The van der Waals surface area contributed by atoms with E-state index >= 15 is 0 Å². The summed E-state index contributed by atoms with van der Waals surface area (Å²) >= 11 is 0. The van der Waals surface area contributed by atoms with E-state index in [1.165, 1.54) is 12.1 Å². The van der Waals surface area contributed by atoms with E-state index in [-0.39, 0.29) is 5.82 Å². The fourth-order valence-corrected chi connectivity index (χ4v) is 1.93. The molecule has 0 bridgehead atoms. The van der Waals surface area contributed by atoms with Gasteiger partial charge in [0, 0.05) is 16.9 Å². The molecule has 0 aliphatic rings. The van der Waals surface area contributed by atoms with Crippen molar-refractivity contribution in [2.24, 2.45) is 0 Å². The summed E-state index contributed by atoms with van der Waals surface area (Å²) in [7, 11) is 0. The first-order valence-electron chi connectivity index (χ1n) is 5.76. The number of hydrogen-bond acceptors (Lipinski definition) is 3. The van der Waals surface area contributed by atoms with Gasteiger partial charge in [0.1, 0.15) is 12.1 Å². The van der Waals surface area contributed by atoms with Crippen molar-refractivity contribution >= 4 is 5.69 Å². The molecule has 0 unspecified atom stereocenters. The monoisotopic (exact) mass is 254 g/mol. The highest BCUT2D eigenvalue weighted by Crippen LogP contribution is 2.26. The summed E-state index contributed by atoms with van der Waals surface area (Å²) in [4.78, 5) is 0. The molecule has 2 aromatic carbocycles. The van der Waals surface area contributed by atoms with Gasteiger partial charge in [-0.05, 0) is 30.3 Å². The molecule has 0 saturated carbocycles. The number of nitrogens with two attached hydrogens (primary N) is 1. The van der Waals surface area contributed by atoms with Crippen molar-refractivity contribution in [2.45, 2.75) is 0 Å². The average molecular weight is 254 g/mol. The number of para-hydroxylation sites is 1. The van der Waals surface area contributed by atoms with Gasteiger partial charge < -0.3 is 5.73 Å². The Morgan fingerprint density at radius 2 is 1.84 bits per heavy atom. The Kier molecular flexibility index (Phi) is 2.72. The van der Waals surface area contributed by atoms with E-state index in [9.17, 15) is 4.39 Å². The van der Waals surface area contributed by atoms with E-state index < -0.39 is 0 Å². The van der Waals surface area contributed by atoms with Gasteiger partial charge in [-0.15, -0.1) is 10.2 Å². The van der Waals surface area contributed by atoms with Crippen molar-refractivity contribution in [3.63, 3.8) is 0 Å². The van der Waals surface area contributed by atoms with Crippen LogP contribution >= 0.6 is 0 Å². The summed E-state index contributed by atoms with van der Waals surface area (Å²) in [5, 5.41) is 7.97. The van der Waals surface area contributed by atoms with Gasteiger partial charge in [0.25, 0.3) is 0 Å². The molecule has 19 heavy (non-hydrogen) atoms. The molecule has 0 aliphatic carbocycles. The maximum absolute atomic E-state index is 13.1. The molecule has 5 heteroatoms. The van der Waals surface area contributed by atoms with Gasteiger partial charge >= 0.3 is 0 Å². The number of benzene rings is 2. The van der Waals surface area contributed by atoms with Gasteiger partial charge in [-0.2, -0.15) is 0 Å². The van der Waals surface area contributed by atoms with Gasteiger partial charge in [0.05, 0.1) is 0 Å². The van der Waals surface area contributed by atoms with Crippen molar-refractivity contribution < 1.29 is 4.39 Å². The predicted molar refractivity (Wildman–Crippen MR) is 71.2 cm³/mol. The fraction of sp³-hybridized carbons (Fsp3) is 0. The molecule has 4 nitrogen and oxygen atoms in total. The largest absolute Gasteiger partial charge is 0.398 e. The van der Waals surface area contributed by atoms with Crippen LogP contribution in [0.15, 0.2) is 54.9 Å². The average Bonchev–Trinajstić information content (AvgIpc) is 2.89. The zero-order valence-electron chi connectivity index (χ0n) is 9.99. The lowest BCUT2D eigenvalue weighted by molar-refractivity contribution is 0.628. The van der Waals surface area contributed by atoms with Crippen LogP contribution < -0.4 is 5.73 Å². The van der Waals surface area contributed by atoms with E-state index in [0.717, 1.165) is 5.69 Å². The quantitative estimate of drug-likeness (QED) is 0.715. The van der Waals surface area contributed by atoms with Crippen molar-refractivity contribution in [3.05, 3.63) is 60.7 Å². The molecule has 0 spiro atoms. The first-order valence-corrected chi connectivity index (χ1v) is 5.76. The molecule has 0 fully saturated rings. The number of halogens is 1. The van der Waals surface area contributed by atoms with E-state index in [1.807, 2.05) is 34.9 Å². The van der Waals surface area contributed by atoms with Crippen LogP contribution in [0.3, 0.4) is 0 Å². The van der Waals surface area contributed by atoms with Crippen LogP contribution in [0.5, 0.6) is 0 Å². The van der Waals surface area contributed by atoms with E-state index in [2.05, 4.69) is 10.2 Å². The van der Waals surface area contributed by atoms with Gasteiger partial charge in [-0.25, -0.2) is 4.39 Å². The second-order valence-corrected chi connectivity index (χ2v) is 4.09. The third-order valence-electron chi connectivity index (χ3n) is 2.84. The second kappa shape index (κ2) is 4.53. The van der Waals surface area contributed by atoms with Crippen molar-refractivity contribution in [1.29, 1.82) is 0 Å². The number of hydrogen-bond donors (Lipinski definition) is 1. The van der Waals surface area contributed by atoms with Crippen molar-refractivity contribution in [2.75, 3.05) is 5.73 Å². The van der Waals surface area contributed by atoms with Crippen molar-refractivity contribution in [3.8, 4) is 17.1 Å². The number of aromatic nitrogens is 3. The fourth-order valence-electron chi connectivity index (χ4n) is 1.93. The van der Waals surface area contributed by atoms with Gasteiger partial charge in [-0.1, -0.05) is 18.2 Å². The Morgan fingerprint density at radius 3 is 2.58 bits per heavy atom. The number of nitrogen functional groups attached to an aromatic ring is 1. The van der Waals surface area contributed by atoms with Crippen LogP contribution in [-0.2, 0) is 0 Å². The minimum atomic E-state index is -0.368. The number of anilines is 1. The number of nitrogens with zero attached hydrogens (tertiary/aromatic N) is 3. The van der Waals surface area contributed by atoms with Gasteiger partial charge in [0.15, 0.2) is 5.82 Å². The summed E-state index contributed by atoms with van der Waals surface area (Å²) in [6.45, 7) is 0. The third kappa shape index (κ3) is 2.06. The Morgan fingerprint density at radius 1 is 1.05 bits per heavy atom. The normalized spacial score (nSPS) is 10.6. The maximum atomic E-state index is 13.1. The molecule has 1 heterocycles. The number of rotatable bonds is 2. The topological polar surface area (TPSA) is 56.7 Å². The molecule has 3 aromatic rings. The molecular formula is C14H11FN4. The first kappa shape index (κ1) is 11.4. The van der Waals surface area contributed by atoms with Crippen LogP contribution in [-0.4, -0.2) is 14.8 Å². The summed E-state index contributed by atoms with van der Waals surface area (Å²) in [5.41, 5.74) is 7.75. The maximum Gasteiger partial charge on any atom is 0.170 e. The van der Waals surface area contributed by atoms with Crippen LogP contribution in [0.2, 0.25) is 0 Å². The van der Waals surface area contributed by atoms with E-state index in [0.29, 0.717) is 17.1 Å². The van der Waals surface area contributed by atoms with Gasteiger partial charge in [-0.3, -0.25) is 4.57 Å². The third-order valence-corrected chi connectivity index (χ3v) is 2.84. The zero-order valence-corrected chi connectivity index (χ0v) is 9.99. The molecular weight excluding hydrogens is 243 g/mol. The zero-order chi connectivity index (χ0) is 13.2. The van der Waals surface area contributed by atoms with Crippen LogP contribution in [0.1, 0.15) is 0 Å². The first-order chi connectivity index (χ1) is 9.25. The minimum absolute atomic E-state index is 0.338. The molecule has 0 saturated heterocycles. The Labute approximate surface area is 109 Å². The summed E-state index contributed by atoms with van der Waals surface area (Å²) in [6.07, 6.45) is 1.60. The molecule has 0 atom stereocenters. The summed E-state index contributed by atoms with van der Waals surface area (Å²) in [6, 6.07) is 13.9. The second-order valence-electron chi connectivity index (χ2n) is 4.09. The lowest BCUT2D eigenvalue weighted by Crippen LogP contribution is -1.99. The summed E-state index contributed by atoms with van der Waals surface area (Å²) in [5.74, 6) is 0.218. The van der Waals surface area contributed by atoms with Gasteiger partial charge in [0.2, 0.25) is 0 Å². The molecule has 1 aromatic heterocycles. The van der Waals surface area contributed by atoms with Crippen LogP contribution in [0.4, 0.5) is 10.1 Å². The van der Waals surface area contributed by atoms with Crippen LogP contribution in [0, 0.1) is 5.82 Å².